The van der Waals surface area contributed by atoms with E-state index in [-0.39, 0.29) is 11.8 Å². The number of halogens is 2. The first-order valence-electron chi connectivity index (χ1n) is 5.27. The predicted octanol–water partition coefficient (Wildman–Crippen LogP) is 1.85. The van der Waals surface area contributed by atoms with Crippen molar-refractivity contribution < 1.29 is 8.78 Å². The lowest BCUT2D eigenvalue weighted by Crippen LogP contribution is -2.30. The standard InChI is InChI=1S/C11H19F2N3/c1-10(2,3)9-5-8(16(4)15-9)6-11(12,13)7-14/h5H,6-7,14H2,1-4H3. The van der Waals surface area contributed by atoms with E-state index in [9.17, 15) is 8.78 Å². The Morgan fingerprint density at radius 3 is 2.31 bits per heavy atom. The van der Waals surface area contributed by atoms with Gasteiger partial charge in [-0.05, 0) is 6.07 Å². The molecule has 92 valence electrons. The molecular formula is C11H19F2N3. The van der Waals surface area contributed by atoms with Crippen molar-refractivity contribution in [1.29, 1.82) is 0 Å². The normalized spacial score (nSPS) is 13.2. The quantitative estimate of drug-likeness (QED) is 0.862. The number of hydrogen-bond acceptors (Lipinski definition) is 2. The van der Waals surface area contributed by atoms with Gasteiger partial charge in [-0.25, -0.2) is 8.78 Å². The summed E-state index contributed by atoms with van der Waals surface area (Å²) in [6, 6.07) is 1.73. The van der Waals surface area contributed by atoms with Crippen LogP contribution in [0.1, 0.15) is 32.2 Å². The minimum Gasteiger partial charge on any atom is -0.325 e. The molecule has 0 spiro atoms. The van der Waals surface area contributed by atoms with Crippen molar-refractivity contribution >= 4 is 0 Å². The third kappa shape index (κ3) is 3.01. The fourth-order valence-electron chi connectivity index (χ4n) is 1.38. The third-order valence-electron chi connectivity index (χ3n) is 2.48. The Morgan fingerprint density at radius 2 is 1.94 bits per heavy atom. The van der Waals surface area contributed by atoms with Crippen molar-refractivity contribution in [1.82, 2.24) is 9.78 Å². The molecule has 16 heavy (non-hydrogen) atoms. The first kappa shape index (κ1) is 13.1. The highest BCUT2D eigenvalue weighted by molar-refractivity contribution is 5.18. The Morgan fingerprint density at radius 1 is 1.38 bits per heavy atom. The highest BCUT2D eigenvalue weighted by Crippen LogP contribution is 2.24. The molecule has 0 radical (unpaired) electrons. The van der Waals surface area contributed by atoms with Gasteiger partial charge in [0.2, 0.25) is 0 Å². The van der Waals surface area contributed by atoms with Gasteiger partial charge in [0, 0.05) is 18.2 Å². The Balaban J connectivity index is 2.95. The monoisotopic (exact) mass is 231 g/mol. The van der Waals surface area contributed by atoms with E-state index in [2.05, 4.69) is 5.10 Å². The lowest BCUT2D eigenvalue weighted by molar-refractivity contribution is 0.00968. The summed E-state index contributed by atoms with van der Waals surface area (Å²) >= 11 is 0. The average Bonchev–Trinajstić information content (AvgIpc) is 2.47. The van der Waals surface area contributed by atoms with Crippen LogP contribution >= 0.6 is 0 Å². The van der Waals surface area contributed by atoms with Crippen LogP contribution < -0.4 is 5.73 Å². The molecule has 0 saturated heterocycles. The van der Waals surface area contributed by atoms with Gasteiger partial charge in [0.15, 0.2) is 0 Å². The summed E-state index contributed by atoms with van der Waals surface area (Å²) < 4.78 is 27.8. The molecule has 0 aromatic carbocycles. The van der Waals surface area contributed by atoms with Crippen molar-refractivity contribution in [2.45, 2.75) is 38.5 Å². The number of hydrogen-bond donors (Lipinski definition) is 1. The maximum absolute atomic E-state index is 13.2. The topological polar surface area (TPSA) is 43.8 Å². The number of alkyl halides is 2. The van der Waals surface area contributed by atoms with Crippen LogP contribution in [0.4, 0.5) is 8.78 Å². The molecule has 0 amide bonds. The lowest BCUT2D eigenvalue weighted by Gasteiger charge is -2.14. The molecule has 1 heterocycles. The molecular weight excluding hydrogens is 212 g/mol. The average molecular weight is 231 g/mol. The molecule has 1 aromatic rings. The zero-order chi connectivity index (χ0) is 12.6. The molecule has 0 fully saturated rings. The molecule has 5 heteroatoms. The van der Waals surface area contributed by atoms with Crippen LogP contribution in [0.25, 0.3) is 0 Å². The summed E-state index contributed by atoms with van der Waals surface area (Å²) in [5.41, 5.74) is 6.22. The molecule has 0 aliphatic carbocycles. The first-order chi connectivity index (χ1) is 7.15. The number of aryl methyl sites for hydroxylation is 1. The van der Waals surface area contributed by atoms with Gasteiger partial charge < -0.3 is 5.73 Å². The fraction of sp³-hybridized carbons (Fsp3) is 0.727. The van der Waals surface area contributed by atoms with Gasteiger partial charge in [-0.1, -0.05) is 20.8 Å². The van der Waals surface area contributed by atoms with Crippen molar-refractivity contribution in [2.24, 2.45) is 12.8 Å². The predicted molar refractivity (Wildman–Crippen MR) is 59.6 cm³/mol. The van der Waals surface area contributed by atoms with Gasteiger partial charge in [0.05, 0.1) is 18.7 Å². The minimum absolute atomic E-state index is 0.131. The largest absolute Gasteiger partial charge is 0.325 e. The summed E-state index contributed by atoms with van der Waals surface area (Å²) in [6.07, 6.45) is -0.358. The van der Waals surface area contributed by atoms with Gasteiger partial charge >= 0.3 is 0 Å². The van der Waals surface area contributed by atoms with E-state index in [4.69, 9.17) is 5.73 Å². The van der Waals surface area contributed by atoms with Gasteiger partial charge in [0.1, 0.15) is 0 Å². The van der Waals surface area contributed by atoms with Crippen LogP contribution in [0.3, 0.4) is 0 Å². The number of rotatable bonds is 3. The minimum atomic E-state index is -2.86. The van der Waals surface area contributed by atoms with Crippen LogP contribution in [-0.4, -0.2) is 22.2 Å². The molecule has 0 unspecified atom stereocenters. The van der Waals surface area contributed by atoms with Crippen molar-refractivity contribution in [2.75, 3.05) is 6.54 Å². The Bertz CT molecular complexity index is 364. The van der Waals surface area contributed by atoms with Gasteiger partial charge in [-0.3, -0.25) is 4.68 Å². The SMILES string of the molecule is Cn1nc(C(C)(C)C)cc1CC(F)(F)CN. The summed E-state index contributed by atoms with van der Waals surface area (Å²) in [7, 11) is 1.68. The molecule has 0 atom stereocenters. The Labute approximate surface area is 94.6 Å². The molecule has 1 rings (SSSR count). The summed E-state index contributed by atoms with van der Waals surface area (Å²) in [4.78, 5) is 0. The molecule has 1 aromatic heterocycles. The molecule has 0 aliphatic rings. The maximum Gasteiger partial charge on any atom is 0.265 e. The van der Waals surface area contributed by atoms with Gasteiger partial charge in [-0.15, -0.1) is 0 Å². The van der Waals surface area contributed by atoms with Gasteiger partial charge in [-0.2, -0.15) is 5.10 Å². The van der Waals surface area contributed by atoms with Crippen molar-refractivity contribution in [3.05, 3.63) is 17.5 Å². The Kier molecular flexibility index (Phi) is 3.38. The summed E-state index contributed by atoms with van der Waals surface area (Å²) in [6.45, 7) is 5.36. The highest BCUT2D eigenvalue weighted by atomic mass is 19.3. The van der Waals surface area contributed by atoms with E-state index < -0.39 is 12.5 Å². The van der Waals surface area contributed by atoms with Crippen LogP contribution in [0.5, 0.6) is 0 Å². The van der Waals surface area contributed by atoms with Gasteiger partial charge in [0.25, 0.3) is 5.92 Å². The van der Waals surface area contributed by atoms with Crippen LogP contribution in [0, 0.1) is 0 Å². The van der Waals surface area contributed by atoms with E-state index in [0.29, 0.717) is 5.69 Å². The number of nitrogens with zero attached hydrogens (tertiary/aromatic N) is 2. The van der Waals surface area contributed by atoms with E-state index >= 15 is 0 Å². The second kappa shape index (κ2) is 4.13. The zero-order valence-corrected chi connectivity index (χ0v) is 10.2. The fourth-order valence-corrected chi connectivity index (χ4v) is 1.38. The van der Waals surface area contributed by atoms with Crippen LogP contribution in [-0.2, 0) is 18.9 Å². The second-order valence-electron chi connectivity index (χ2n) is 5.13. The first-order valence-corrected chi connectivity index (χ1v) is 5.27. The maximum atomic E-state index is 13.2. The highest BCUT2D eigenvalue weighted by Gasteiger charge is 2.30. The van der Waals surface area contributed by atoms with E-state index in [0.717, 1.165) is 5.69 Å². The lowest BCUT2D eigenvalue weighted by atomic mass is 9.92. The Hall–Kier alpha value is -0.970. The summed E-state index contributed by atoms with van der Waals surface area (Å²) in [5, 5.41) is 4.24. The molecule has 3 nitrogen and oxygen atoms in total. The third-order valence-corrected chi connectivity index (χ3v) is 2.48. The zero-order valence-electron chi connectivity index (χ0n) is 10.2. The smallest absolute Gasteiger partial charge is 0.265 e. The second-order valence-corrected chi connectivity index (χ2v) is 5.13. The van der Waals surface area contributed by atoms with Crippen molar-refractivity contribution in [3.63, 3.8) is 0 Å². The molecule has 0 aliphatic heterocycles. The van der Waals surface area contributed by atoms with E-state index in [1.807, 2.05) is 20.8 Å². The summed E-state index contributed by atoms with van der Waals surface area (Å²) in [5.74, 6) is -2.86. The molecule has 0 saturated carbocycles. The van der Waals surface area contributed by atoms with Crippen molar-refractivity contribution in [3.8, 4) is 0 Å². The molecule has 2 N–H and O–H groups in total. The van der Waals surface area contributed by atoms with E-state index in [1.54, 1.807) is 13.1 Å². The molecule has 0 bridgehead atoms. The number of aromatic nitrogens is 2. The van der Waals surface area contributed by atoms with Crippen LogP contribution in [0.2, 0.25) is 0 Å². The number of nitrogens with two attached hydrogens (primary N) is 1. The van der Waals surface area contributed by atoms with E-state index in [1.165, 1.54) is 4.68 Å². The van der Waals surface area contributed by atoms with Crippen LogP contribution in [0.15, 0.2) is 6.07 Å².